The van der Waals surface area contributed by atoms with Crippen LogP contribution in [-0.4, -0.2) is 16.2 Å². The van der Waals surface area contributed by atoms with Crippen molar-refractivity contribution < 1.29 is 9.90 Å². The second kappa shape index (κ2) is 3.54. The fraction of sp³-hybridized carbons (Fsp3) is 0.125. The minimum atomic E-state index is -1.16. The van der Waals surface area contributed by atoms with E-state index in [0.29, 0.717) is 11.4 Å². The van der Waals surface area contributed by atoms with Crippen LogP contribution in [0.2, 0.25) is 0 Å². The first-order chi connectivity index (χ1) is 6.11. The molecule has 5 heteroatoms. The van der Waals surface area contributed by atoms with E-state index in [1.54, 1.807) is 13.0 Å². The monoisotopic (exact) mass is 177 g/mol. The smallest absolute Gasteiger partial charge is 0.409 e. The number of amides is 1. The summed E-state index contributed by atoms with van der Waals surface area (Å²) in [7, 11) is 0. The van der Waals surface area contributed by atoms with Gasteiger partial charge in [0, 0.05) is 11.4 Å². The number of carbonyl (C=O) groups is 1. The molecule has 13 heavy (non-hydrogen) atoms. The van der Waals surface area contributed by atoms with Crippen LogP contribution < -0.4 is 5.32 Å². The Morgan fingerprint density at radius 1 is 1.69 bits per heavy atom. The van der Waals surface area contributed by atoms with Crippen molar-refractivity contribution in [3.8, 4) is 6.07 Å². The molecule has 0 aromatic carbocycles. The molecule has 0 atom stereocenters. The Balaban J connectivity index is 3.03. The van der Waals surface area contributed by atoms with E-state index in [4.69, 9.17) is 10.4 Å². The van der Waals surface area contributed by atoms with E-state index < -0.39 is 6.09 Å². The molecule has 0 aliphatic carbocycles. The average Bonchev–Trinajstić information content (AvgIpc) is 2.01. The van der Waals surface area contributed by atoms with Gasteiger partial charge < -0.3 is 5.11 Å². The zero-order chi connectivity index (χ0) is 9.84. The van der Waals surface area contributed by atoms with E-state index in [0.717, 1.165) is 0 Å². The summed E-state index contributed by atoms with van der Waals surface area (Å²) >= 11 is 0. The Labute approximate surface area is 74.6 Å². The number of nitriles is 1. The summed E-state index contributed by atoms with van der Waals surface area (Å²) in [5, 5.41) is 19.1. The van der Waals surface area contributed by atoms with Crippen LogP contribution in [0, 0.1) is 18.3 Å². The lowest BCUT2D eigenvalue weighted by atomic mass is 10.3. The van der Waals surface area contributed by atoms with Crippen LogP contribution in [0.1, 0.15) is 11.4 Å². The molecule has 1 rings (SSSR count). The van der Waals surface area contributed by atoms with Gasteiger partial charge in [0.1, 0.15) is 11.8 Å². The minimum absolute atomic E-state index is 0.198. The molecule has 0 saturated heterocycles. The number of hydrogen-bond acceptors (Lipinski definition) is 3. The van der Waals surface area contributed by atoms with Crippen molar-refractivity contribution in [3.63, 3.8) is 0 Å². The van der Waals surface area contributed by atoms with Crippen LogP contribution in [0.25, 0.3) is 0 Å². The van der Waals surface area contributed by atoms with E-state index in [1.807, 2.05) is 6.07 Å². The van der Waals surface area contributed by atoms with Gasteiger partial charge in [-0.15, -0.1) is 0 Å². The molecule has 0 unspecified atom stereocenters. The van der Waals surface area contributed by atoms with E-state index in [2.05, 4.69) is 10.3 Å². The van der Waals surface area contributed by atoms with Crippen LogP contribution in [0.15, 0.2) is 12.1 Å². The van der Waals surface area contributed by atoms with E-state index >= 15 is 0 Å². The maximum atomic E-state index is 10.3. The predicted molar refractivity (Wildman–Crippen MR) is 45.3 cm³/mol. The molecule has 0 fully saturated rings. The quantitative estimate of drug-likeness (QED) is 0.677. The number of hydrogen-bond donors (Lipinski definition) is 2. The Kier molecular flexibility index (Phi) is 2.45. The summed E-state index contributed by atoms with van der Waals surface area (Å²) < 4.78 is 0. The molecule has 5 nitrogen and oxygen atoms in total. The van der Waals surface area contributed by atoms with Crippen molar-refractivity contribution >= 4 is 11.8 Å². The number of anilines is 1. The lowest BCUT2D eigenvalue weighted by Gasteiger charge is -2.01. The zero-order valence-corrected chi connectivity index (χ0v) is 6.90. The lowest BCUT2D eigenvalue weighted by molar-refractivity contribution is 0.210. The largest absolute Gasteiger partial charge is 0.465 e. The molecule has 1 aromatic rings. The van der Waals surface area contributed by atoms with Crippen molar-refractivity contribution in [2.75, 3.05) is 5.32 Å². The third kappa shape index (κ3) is 2.45. The van der Waals surface area contributed by atoms with Crippen molar-refractivity contribution in [2.45, 2.75) is 6.92 Å². The SMILES string of the molecule is Cc1cc(NC(=O)O)cc(C#N)n1. The molecule has 1 amide bonds. The third-order valence-electron chi connectivity index (χ3n) is 1.32. The fourth-order valence-corrected chi connectivity index (χ4v) is 0.921. The first-order valence-corrected chi connectivity index (χ1v) is 3.50. The summed E-state index contributed by atoms with van der Waals surface area (Å²) in [6.07, 6.45) is -1.16. The number of rotatable bonds is 1. The molecule has 2 N–H and O–H groups in total. The highest BCUT2D eigenvalue weighted by Gasteiger charge is 2.01. The Hall–Kier alpha value is -2.09. The van der Waals surface area contributed by atoms with Gasteiger partial charge in [-0.2, -0.15) is 5.26 Å². The molecule has 0 bridgehead atoms. The number of aryl methyl sites for hydroxylation is 1. The van der Waals surface area contributed by atoms with Gasteiger partial charge in [-0.3, -0.25) is 5.32 Å². The number of aromatic nitrogens is 1. The van der Waals surface area contributed by atoms with Gasteiger partial charge in [-0.25, -0.2) is 9.78 Å². The number of nitrogens with zero attached hydrogens (tertiary/aromatic N) is 2. The lowest BCUT2D eigenvalue weighted by Crippen LogP contribution is -2.07. The molecular formula is C8H7N3O2. The van der Waals surface area contributed by atoms with Gasteiger partial charge >= 0.3 is 6.09 Å². The van der Waals surface area contributed by atoms with Gasteiger partial charge in [0.25, 0.3) is 0 Å². The summed E-state index contributed by atoms with van der Waals surface area (Å²) in [6, 6.07) is 4.76. The van der Waals surface area contributed by atoms with Crippen LogP contribution in [-0.2, 0) is 0 Å². The summed E-state index contributed by atoms with van der Waals surface area (Å²) in [5.74, 6) is 0. The summed E-state index contributed by atoms with van der Waals surface area (Å²) in [5.41, 5.74) is 1.16. The minimum Gasteiger partial charge on any atom is -0.465 e. The number of pyridine rings is 1. The van der Waals surface area contributed by atoms with Gasteiger partial charge in [0.15, 0.2) is 0 Å². The standard InChI is InChI=1S/C8H7N3O2/c1-5-2-6(11-8(12)13)3-7(4-9)10-5/h2-3H,1H3,(H,10,11)(H,12,13). The fourth-order valence-electron chi connectivity index (χ4n) is 0.921. The van der Waals surface area contributed by atoms with Crippen molar-refractivity contribution in [1.29, 1.82) is 5.26 Å². The zero-order valence-electron chi connectivity index (χ0n) is 6.90. The average molecular weight is 177 g/mol. The van der Waals surface area contributed by atoms with Gasteiger partial charge in [0.05, 0.1) is 0 Å². The molecule has 0 aliphatic heterocycles. The van der Waals surface area contributed by atoms with Gasteiger partial charge in [-0.05, 0) is 19.1 Å². The van der Waals surface area contributed by atoms with Crippen molar-refractivity contribution in [2.24, 2.45) is 0 Å². The summed E-state index contributed by atoms with van der Waals surface area (Å²) in [6.45, 7) is 1.69. The van der Waals surface area contributed by atoms with Crippen LogP contribution in [0.4, 0.5) is 10.5 Å². The summed E-state index contributed by atoms with van der Waals surface area (Å²) in [4.78, 5) is 14.1. The van der Waals surface area contributed by atoms with Crippen LogP contribution in [0.5, 0.6) is 0 Å². The van der Waals surface area contributed by atoms with Crippen molar-refractivity contribution in [3.05, 3.63) is 23.5 Å². The number of nitrogens with one attached hydrogen (secondary N) is 1. The Morgan fingerprint density at radius 3 is 2.92 bits per heavy atom. The maximum Gasteiger partial charge on any atom is 0.409 e. The van der Waals surface area contributed by atoms with E-state index in [1.165, 1.54) is 6.07 Å². The second-order valence-corrected chi connectivity index (χ2v) is 2.42. The molecular weight excluding hydrogens is 170 g/mol. The topological polar surface area (TPSA) is 86.0 Å². The second-order valence-electron chi connectivity index (χ2n) is 2.42. The highest BCUT2D eigenvalue weighted by atomic mass is 16.4. The molecule has 0 aliphatic rings. The van der Waals surface area contributed by atoms with Gasteiger partial charge in [0.2, 0.25) is 0 Å². The molecule has 1 heterocycles. The van der Waals surface area contributed by atoms with E-state index in [-0.39, 0.29) is 5.69 Å². The predicted octanol–water partition coefficient (Wildman–Crippen LogP) is 1.35. The molecule has 0 spiro atoms. The van der Waals surface area contributed by atoms with Crippen LogP contribution >= 0.6 is 0 Å². The van der Waals surface area contributed by atoms with Gasteiger partial charge in [-0.1, -0.05) is 0 Å². The number of carboxylic acid groups (broad SMARTS) is 1. The molecule has 0 saturated carbocycles. The molecule has 0 radical (unpaired) electrons. The Morgan fingerprint density at radius 2 is 2.38 bits per heavy atom. The van der Waals surface area contributed by atoms with Crippen LogP contribution in [0.3, 0.4) is 0 Å². The van der Waals surface area contributed by atoms with E-state index in [9.17, 15) is 4.79 Å². The first kappa shape index (κ1) is 9.00. The highest BCUT2D eigenvalue weighted by molar-refractivity contribution is 5.83. The molecule has 1 aromatic heterocycles. The Bertz CT molecular complexity index is 381. The highest BCUT2D eigenvalue weighted by Crippen LogP contribution is 2.10. The first-order valence-electron chi connectivity index (χ1n) is 3.50. The molecule has 66 valence electrons. The third-order valence-corrected chi connectivity index (χ3v) is 1.32. The maximum absolute atomic E-state index is 10.3. The van der Waals surface area contributed by atoms with Crippen molar-refractivity contribution in [1.82, 2.24) is 4.98 Å². The normalized spacial score (nSPS) is 8.92.